The molecule has 2 aromatic rings. The zero-order chi connectivity index (χ0) is 20.0. The number of nitrogens with zero attached hydrogens (tertiary/aromatic N) is 2. The van der Waals surface area contributed by atoms with Gasteiger partial charge in [-0.15, -0.1) is 0 Å². The Labute approximate surface area is 167 Å². The van der Waals surface area contributed by atoms with Crippen LogP contribution in [0.3, 0.4) is 0 Å². The highest BCUT2D eigenvalue weighted by Crippen LogP contribution is 2.26. The van der Waals surface area contributed by atoms with Crippen LogP contribution in [0.25, 0.3) is 0 Å². The molecule has 3 rings (SSSR count). The first-order valence-corrected chi connectivity index (χ1v) is 9.97. The van der Waals surface area contributed by atoms with Crippen molar-refractivity contribution in [1.82, 2.24) is 15.2 Å². The van der Waals surface area contributed by atoms with Crippen LogP contribution < -0.4 is 5.32 Å². The Hall–Kier alpha value is -2.69. The molecule has 1 N–H and O–H groups in total. The summed E-state index contributed by atoms with van der Waals surface area (Å²) in [4.78, 5) is 31.5. The maximum Gasteiger partial charge on any atom is 0.237 e. The molecule has 1 aliphatic heterocycles. The van der Waals surface area contributed by atoms with Gasteiger partial charge in [0.25, 0.3) is 0 Å². The van der Waals surface area contributed by atoms with Crippen LogP contribution in [-0.4, -0.2) is 34.8 Å². The van der Waals surface area contributed by atoms with Crippen LogP contribution in [0.5, 0.6) is 0 Å². The number of aromatic nitrogens is 1. The summed E-state index contributed by atoms with van der Waals surface area (Å²) in [7, 11) is 0. The second kappa shape index (κ2) is 9.00. The first kappa shape index (κ1) is 20.1. The molecule has 1 aromatic carbocycles. The van der Waals surface area contributed by atoms with Crippen molar-refractivity contribution in [3.05, 3.63) is 66.0 Å². The number of benzene rings is 1. The summed E-state index contributed by atoms with van der Waals surface area (Å²) in [5, 5.41) is 2.87. The van der Waals surface area contributed by atoms with Crippen molar-refractivity contribution >= 4 is 11.8 Å². The summed E-state index contributed by atoms with van der Waals surface area (Å²) >= 11 is 0. The van der Waals surface area contributed by atoms with Crippen LogP contribution >= 0.6 is 0 Å². The summed E-state index contributed by atoms with van der Waals surface area (Å²) < 4.78 is 0. The topological polar surface area (TPSA) is 62.3 Å². The molecule has 1 aromatic heterocycles. The molecule has 0 saturated carbocycles. The Morgan fingerprint density at radius 3 is 2.39 bits per heavy atom. The third kappa shape index (κ3) is 4.97. The molecular formula is C23H29N3O2. The first-order valence-electron chi connectivity index (χ1n) is 9.97. The molecule has 1 aliphatic rings. The largest absolute Gasteiger partial charge is 0.351 e. The Bertz CT molecular complexity index is 782. The Morgan fingerprint density at radius 1 is 1.07 bits per heavy atom. The standard InChI is InChI=1S/C23H29N3O2/c1-23(2,21(27)25-17-20-9-6-12-24-16-20)22(28)26-13-10-19(11-14-26)15-18-7-4-3-5-8-18/h3-9,12,16,19H,10-11,13-15,17H2,1-2H3,(H,25,27). The molecule has 28 heavy (non-hydrogen) atoms. The van der Waals surface area contributed by atoms with Crippen LogP contribution in [-0.2, 0) is 22.6 Å². The fraction of sp³-hybridized carbons (Fsp3) is 0.435. The summed E-state index contributed by atoms with van der Waals surface area (Å²) in [6, 6.07) is 14.2. The lowest BCUT2D eigenvalue weighted by atomic mass is 9.86. The smallest absolute Gasteiger partial charge is 0.237 e. The van der Waals surface area contributed by atoms with Gasteiger partial charge in [-0.25, -0.2) is 0 Å². The van der Waals surface area contributed by atoms with Gasteiger partial charge in [-0.1, -0.05) is 36.4 Å². The molecule has 1 saturated heterocycles. The van der Waals surface area contributed by atoms with E-state index >= 15 is 0 Å². The van der Waals surface area contributed by atoms with Crippen LogP contribution in [0, 0.1) is 11.3 Å². The van der Waals surface area contributed by atoms with E-state index in [4.69, 9.17) is 0 Å². The van der Waals surface area contributed by atoms with Gasteiger partial charge in [0.15, 0.2) is 0 Å². The molecule has 5 nitrogen and oxygen atoms in total. The van der Waals surface area contributed by atoms with Gasteiger partial charge in [0, 0.05) is 32.0 Å². The highest BCUT2D eigenvalue weighted by atomic mass is 16.2. The molecule has 148 valence electrons. The SMILES string of the molecule is CC(C)(C(=O)NCc1cccnc1)C(=O)N1CCC(Cc2ccccc2)CC1. The lowest BCUT2D eigenvalue weighted by Crippen LogP contribution is -2.51. The maximum absolute atomic E-state index is 13.0. The van der Waals surface area contributed by atoms with Crippen LogP contribution in [0.1, 0.15) is 37.8 Å². The number of likely N-dealkylation sites (tertiary alicyclic amines) is 1. The van der Waals surface area contributed by atoms with E-state index in [2.05, 4.69) is 34.6 Å². The van der Waals surface area contributed by atoms with Crippen molar-refractivity contribution in [3.8, 4) is 0 Å². The maximum atomic E-state index is 13.0. The lowest BCUT2D eigenvalue weighted by molar-refractivity contribution is -0.149. The van der Waals surface area contributed by atoms with Gasteiger partial charge >= 0.3 is 0 Å². The van der Waals surface area contributed by atoms with Gasteiger partial charge in [0.2, 0.25) is 11.8 Å². The summed E-state index contributed by atoms with van der Waals surface area (Å²) in [6.45, 7) is 5.24. The number of nitrogens with one attached hydrogen (secondary N) is 1. The number of pyridine rings is 1. The van der Waals surface area contributed by atoms with E-state index in [0.29, 0.717) is 12.5 Å². The molecule has 0 aliphatic carbocycles. The van der Waals surface area contributed by atoms with Crippen LogP contribution in [0.2, 0.25) is 0 Å². The molecule has 0 atom stereocenters. The minimum Gasteiger partial charge on any atom is -0.351 e. The van der Waals surface area contributed by atoms with Crippen molar-refractivity contribution in [2.45, 2.75) is 39.7 Å². The van der Waals surface area contributed by atoms with Gasteiger partial charge in [0.1, 0.15) is 5.41 Å². The Balaban J connectivity index is 1.50. The highest BCUT2D eigenvalue weighted by molar-refractivity contribution is 6.04. The predicted molar refractivity (Wildman–Crippen MR) is 109 cm³/mol. The molecule has 0 unspecified atom stereocenters. The van der Waals surface area contributed by atoms with E-state index < -0.39 is 5.41 Å². The molecule has 0 radical (unpaired) electrons. The van der Waals surface area contributed by atoms with Crippen molar-refractivity contribution in [2.75, 3.05) is 13.1 Å². The fourth-order valence-corrected chi connectivity index (χ4v) is 3.69. The minimum absolute atomic E-state index is 0.0886. The third-order valence-electron chi connectivity index (χ3n) is 5.55. The molecule has 2 amide bonds. The number of hydrogen-bond acceptors (Lipinski definition) is 3. The molecule has 1 fully saturated rings. The molecule has 0 spiro atoms. The van der Waals surface area contributed by atoms with Gasteiger partial charge < -0.3 is 10.2 Å². The number of amides is 2. The van der Waals surface area contributed by atoms with Crippen LogP contribution in [0.4, 0.5) is 0 Å². The molecule has 0 bridgehead atoms. The second-order valence-electron chi connectivity index (χ2n) is 8.09. The van der Waals surface area contributed by atoms with E-state index in [9.17, 15) is 9.59 Å². The van der Waals surface area contributed by atoms with Gasteiger partial charge in [-0.05, 0) is 56.2 Å². The third-order valence-corrected chi connectivity index (χ3v) is 5.55. The zero-order valence-electron chi connectivity index (χ0n) is 16.7. The van der Waals surface area contributed by atoms with E-state index in [1.54, 1.807) is 26.2 Å². The van der Waals surface area contributed by atoms with E-state index in [-0.39, 0.29) is 11.8 Å². The zero-order valence-corrected chi connectivity index (χ0v) is 16.7. The van der Waals surface area contributed by atoms with Crippen molar-refractivity contribution < 1.29 is 9.59 Å². The summed E-state index contributed by atoms with van der Waals surface area (Å²) in [6.07, 6.45) is 6.42. The minimum atomic E-state index is -1.07. The van der Waals surface area contributed by atoms with E-state index in [1.165, 1.54) is 5.56 Å². The van der Waals surface area contributed by atoms with E-state index in [1.807, 2.05) is 23.1 Å². The fourth-order valence-electron chi connectivity index (χ4n) is 3.69. The quantitative estimate of drug-likeness (QED) is 0.784. The van der Waals surface area contributed by atoms with Crippen molar-refractivity contribution in [1.29, 1.82) is 0 Å². The van der Waals surface area contributed by atoms with E-state index in [0.717, 1.165) is 37.9 Å². The average molecular weight is 380 g/mol. The van der Waals surface area contributed by atoms with Gasteiger partial charge in [-0.3, -0.25) is 14.6 Å². The number of rotatable bonds is 6. The van der Waals surface area contributed by atoms with Crippen LogP contribution in [0.15, 0.2) is 54.9 Å². The highest BCUT2D eigenvalue weighted by Gasteiger charge is 2.40. The normalized spacial score (nSPS) is 15.3. The van der Waals surface area contributed by atoms with Gasteiger partial charge in [-0.2, -0.15) is 0 Å². The first-order chi connectivity index (χ1) is 13.5. The average Bonchev–Trinajstić information content (AvgIpc) is 2.73. The monoisotopic (exact) mass is 379 g/mol. The molecule has 5 heteroatoms. The molecule has 2 heterocycles. The summed E-state index contributed by atoms with van der Waals surface area (Å²) in [5.41, 5.74) is 1.19. The second-order valence-corrected chi connectivity index (χ2v) is 8.09. The number of hydrogen-bond donors (Lipinski definition) is 1. The lowest BCUT2D eigenvalue weighted by Gasteiger charge is -2.36. The Kier molecular flexibility index (Phi) is 6.45. The Morgan fingerprint density at radius 2 is 1.75 bits per heavy atom. The van der Waals surface area contributed by atoms with Gasteiger partial charge in [0.05, 0.1) is 0 Å². The van der Waals surface area contributed by atoms with Crippen molar-refractivity contribution in [2.24, 2.45) is 11.3 Å². The summed E-state index contributed by atoms with van der Waals surface area (Å²) in [5.74, 6) is 0.260. The molecular weight excluding hydrogens is 350 g/mol. The van der Waals surface area contributed by atoms with Crippen molar-refractivity contribution in [3.63, 3.8) is 0 Å². The number of carbonyl (C=O) groups excluding carboxylic acids is 2. The number of carbonyl (C=O) groups is 2. The predicted octanol–water partition coefficient (Wildman–Crippen LogP) is 3.21. The number of piperidine rings is 1.